The van der Waals surface area contributed by atoms with Gasteiger partial charge in [0.15, 0.2) is 5.71 Å². The van der Waals surface area contributed by atoms with Gasteiger partial charge in [-0.15, -0.1) is 0 Å². The third-order valence-electron chi connectivity index (χ3n) is 12.2. The Balaban J connectivity index is 1.47. The molecule has 2 aliphatic heterocycles. The van der Waals surface area contributed by atoms with Gasteiger partial charge in [-0.2, -0.15) is 38.2 Å². The molecule has 4 aromatic carbocycles. The van der Waals surface area contributed by atoms with Crippen LogP contribution in [0, 0.1) is 6.92 Å². The molecule has 0 saturated carbocycles. The largest absolute Gasteiger partial charge is 0.477 e. The van der Waals surface area contributed by atoms with Crippen LogP contribution in [0.25, 0.3) is 27.1 Å². The van der Waals surface area contributed by atoms with Crippen molar-refractivity contribution in [2.75, 3.05) is 23.7 Å². The molecule has 0 aliphatic carbocycles. The summed E-state index contributed by atoms with van der Waals surface area (Å²) in [7, 11) is -19.1. The summed E-state index contributed by atoms with van der Waals surface area (Å²) in [6, 6.07) is 15.8. The number of hydrogen-bond donors (Lipinski definition) is 5. The van der Waals surface area contributed by atoms with Crippen LogP contribution in [-0.4, -0.2) is 97.1 Å². The Kier molecular flexibility index (Phi) is 12.6. The van der Waals surface area contributed by atoms with E-state index >= 15 is 0 Å². The SMILES string of the molecule is CCC[N+]1=C(/C=C/C(=C/C=C2/N(CCCS(=O)(=O)O)c3ccc4c(S(=O)(=O)O)cc(S(=O)(=O)O)cc4c3C2(C)C)c2cccc(C(=O)O)n2)C(C)(C)c2c1ccc1c(C)cc(S(=O)(=O)O)cc21. The van der Waals surface area contributed by atoms with E-state index in [0.29, 0.717) is 52.5 Å². The fraction of sp³-hybridized carbons (Fsp3) is 0.283. The second kappa shape index (κ2) is 17.1. The number of rotatable bonds is 14. The van der Waals surface area contributed by atoms with Crippen LogP contribution in [0.2, 0.25) is 0 Å². The van der Waals surface area contributed by atoms with Crippen LogP contribution in [-0.2, 0) is 51.3 Å². The number of carboxylic acid groups (broad SMARTS) is 1. The van der Waals surface area contributed by atoms with Crippen molar-refractivity contribution in [2.45, 2.75) is 79.9 Å². The van der Waals surface area contributed by atoms with Crippen molar-refractivity contribution in [3.05, 3.63) is 125 Å². The summed E-state index contributed by atoms with van der Waals surface area (Å²) in [5.41, 5.74) is 2.67. The summed E-state index contributed by atoms with van der Waals surface area (Å²) in [6.07, 6.45) is 7.56. The van der Waals surface area contributed by atoms with Crippen LogP contribution in [0.1, 0.15) is 80.3 Å². The average Bonchev–Trinajstić information content (AvgIpc) is 3.57. The number of pyridine rings is 1. The third kappa shape index (κ3) is 9.34. The molecule has 5 aromatic rings. The fourth-order valence-corrected chi connectivity index (χ4v) is 11.8. The zero-order valence-electron chi connectivity index (χ0n) is 37.1. The van der Waals surface area contributed by atoms with E-state index in [-0.39, 0.29) is 40.0 Å². The maximum atomic E-state index is 12.7. The number of aromatic carboxylic acids is 1. The first-order valence-electron chi connectivity index (χ1n) is 20.8. The van der Waals surface area contributed by atoms with Crippen molar-refractivity contribution in [1.29, 1.82) is 0 Å². The summed E-state index contributed by atoms with van der Waals surface area (Å²) in [6.45, 7) is 11.7. The van der Waals surface area contributed by atoms with E-state index in [1.165, 1.54) is 36.4 Å². The van der Waals surface area contributed by atoms with Crippen molar-refractivity contribution in [3.8, 4) is 0 Å². The van der Waals surface area contributed by atoms with Gasteiger partial charge in [-0.25, -0.2) is 9.78 Å². The number of benzene rings is 4. The van der Waals surface area contributed by atoms with E-state index in [0.717, 1.165) is 28.4 Å². The summed E-state index contributed by atoms with van der Waals surface area (Å²) >= 11 is 0. The van der Waals surface area contributed by atoms with Crippen LogP contribution >= 0.6 is 0 Å². The van der Waals surface area contributed by atoms with Crippen LogP contribution in [0.15, 0.2) is 111 Å². The number of hydrogen-bond acceptors (Lipinski definition) is 11. The molecule has 2 aliphatic rings. The highest BCUT2D eigenvalue weighted by molar-refractivity contribution is 7.87. The van der Waals surface area contributed by atoms with Gasteiger partial charge in [0.25, 0.3) is 40.5 Å². The molecule has 0 unspecified atom stereocenters. The predicted molar refractivity (Wildman–Crippen MR) is 253 cm³/mol. The number of carboxylic acids is 1. The van der Waals surface area contributed by atoms with Gasteiger partial charge < -0.3 is 10.0 Å². The Labute approximate surface area is 388 Å². The molecule has 5 N–H and O–H groups in total. The van der Waals surface area contributed by atoms with Crippen molar-refractivity contribution < 1.29 is 66.4 Å². The Bertz CT molecular complexity index is 3560. The topological polar surface area (TPSA) is 274 Å². The van der Waals surface area contributed by atoms with Crippen molar-refractivity contribution in [2.24, 2.45) is 0 Å². The highest BCUT2D eigenvalue weighted by Gasteiger charge is 2.46. The molecule has 17 nitrogen and oxygen atoms in total. The number of anilines is 1. The lowest BCUT2D eigenvalue weighted by molar-refractivity contribution is -0.437. The zero-order valence-corrected chi connectivity index (χ0v) is 40.3. The molecule has 0 radical (unpaired) electrons. The van der Waals surface area contributed by atoms with E-state index in [1.807, 2.05) is 39.0 Å². The molecule has 0 saturated heterocycles. The van der Waals surface area contributed by atoms with Gasteiger partial charge in [0.1, 0.15) is 17.1 Å². The highest BCUT2D eigenvalue weighted by atomic mass is 32.2. The van der Waals surface area contributed by atoms with Gasteiger partial charge in [0.2, 0.25) is 5.69 Å². The summed E-state index contributed by atoms with van der Waals surface area (Å²) in [5.74, 6) is -1.92. The monoisotopic (exact) mass is 994 g/mol. The summed E-state index contributed by atoms with van der Waals surface area (Å²) in [4.78, 5) is 16.5. The molecule has 0 atom stereocenters. The lowest BCUT2D eigenvalue weighted by atomic mass is 9.78. The van der Waals surface area contributed by atoms with Crippen molar-refractivity contribution in [3.63, 3.8) is 0 Å². The fourth-order valence-electron chi connectivity index (χ4n) is 9.39. The molecule has 1 aromatic heterocycles. The van der Waals surface area contributed by atoms with E-state index in [2.05, 4.69) is 9.56 Å². The molecule has 354 valence electrons. The number of aryl methyl sites for hydroxylation is 1. The zero-order chi connectivity index (χ0) is 49.4. The molecular weight excluding hydrogens is 947 g/mol. The van der Waals surface area contributed by atoms with E-state index < -0.39 is 72.8 Å². The minimum Gasteiger partial charge on any atom is -0.477 e. The Morgan fingerprint density at radius 3 is 1.96 bits per heavy atom. The van der Waals surface area contributed by atoms with E-state index in [9.17, 15) is 61.8 Å². The maximum Gasteiger partial charge on any atom is 0.354 e. The molecule has 0 spiro atoms. The average molecular weight is 995 g/mol. The second-order valence-corrected chi connectivity index (χ2v) is 23.3. The predicted octanol–water partition coefficient (Wildman–Crippen LogP) is 7.52. The molecule has 0 fully saturated rings. The summed E-state index contributed by atoms with van der Waals surface area (Å²) in [5, 5.41) is 11.3. The molecule has 67 heavy (non-hydrogen) atoms. The third-order valence-corrected chi connectivity index (χ3v) is 15.6. The number of allylic oxidation sites excluding steroid dienone is 6. The van der Waals surface area contributed by atoms with Gasteiger partial charge in [-0.05, 0) is 115 Å². The second-order valence-electron chi connectivity index (χ2n) is 17.5. The van der Waals surface area contributed by atoms with Crippen molar-refractivity contribution in [1.82, 2.24) is 4.98 Å². The maximum absolute atomic E-state index is 12.7. The van der Waals surface area contributed by atoms with E-state index in [4.69, 9.17) is 0 Å². The first kappa shape index (κ1) is 49.3. The van der Waals surface area contributed by atoms with Gasteiger partial charge in [-0.3, -0.25) is 18.2 Å². The highest BCUT2D eigenvalue weighted by Crippen LogP contribution is 2.52. The van der Waals surface area contributed by atoms with Gasteiger partial charge in [0, 0.05) is 58.4 Å². The molecule has 3 heterocycles. The molecule has 7 rings (SSSR count). The lowest BCUT2D eigenvalue weighted by Crippen LogP contribution is -2.28. The molecule has 0 amide bonds. The molecular formula is C46H48N3O14S4+. The quantitative estimate of drug-likeness (QED) is 0.0409. The van der Waals surface area contributed by atoms with Crippen LogP contribution in [0.3, 0.4) is 0 Å². The lowest BCUT2D eigenvalue weighted by Gasteiger charge is -2.27. The molecule has 0 bridgehead atoms. The first-order chi connectivity index (χ1) is 31.0. The van der Waals surface area contributed by atoms with Crippen LogP contribution in [0.5, 0.6) is 0 Å². The Morgan fingerprint density at radius 1 is 0.746 bits per heavy atom. The number of fused-ring (bicyclic) bond motifs is 6. The number of carbonyl (C=O) groups is 1. The standard InChI is InChI=1S/C46H47N3O14S4/c1-7-20-48-37-16-14-31-27(2)23-29(65(55,56)57)24-33(31)42(37)45(3,4)40(48)18-12-28(35-10-8-11-36(47-35)44(50)51)13-19-41-46(5,6)43-34-25-30(66(58,59)60)26-39(67(61,62)63)32(34)15-17-38(43)49(41)21-9-22-64(52,53)54/h8,10-19,23-26H,7,9,20-22H2,1-6H3,(H4-,50,51,52,53,54,55,56,57,58,59,60,61,62,63)/p+1. The van der Waals surface area contributed by atoms with Gasteiger partial charge in [0.05, 0.1) is 26.7 Å². The normalized spacial score (nSPS) is 17.0. The van der Waals surface area contributed by atoms with Crippen LogP contribution in [0.4, 0.5) is 11.4 Å². The van der Waals surface area contributed by atoms with E-state index in [1.54, 1.807) is 50.0 Å². The molecule has 21 heteroatoms. The van der Waals surface area contributed by atoms with Crippen LogP contribution < -0.4 is 4.90 Å². The Morgan fingerprint density at radius 2 is 1.36 bits per heavy atom. The number of aromatic nitrogens is 1. The minimum atomic E-state index is -5.06. The Hall–Kier alpha value is -5.65. The first-order valence-corrected chi connectivity index (χ1v) is 26.7. The van der Waals surface area contributed by atoms with Crippen molar-refractivity contribution >= 4 is 90.6 Å². The number of nitrogens with zero attached hydrogens (tertiary/aromatic N) is 3. The van der Waals surface area contributed by atoms with Gasteiger partial charge >= 0.3 is 5.97 Å². The summed E-state index contributed by atoms with van der Waals surface area (Å²) < 4.78 is 141. The minimum absolute atomic E-state index is 0.0362. The van der Waals surface area contributed by atoms with Gasteiger partial charge in [-0.1, -0.05) is 39.0 Å². The smallest absolute Gasteiger partial charge is 0.354 e.